The van der Waals surface area contributed by atoms with Crippen molar-refractivity contribution in [3.05, 3.63) is 41.5 Å². The van der Waals surface area contributed by atoms with E-state index in [1.165, 1.54) is 16.6 Å². The Labute approximate surface area is 162 Å². The second-order valence-corrected chi connectivity index (χ2v) is 8.79. The molecule has 0 aromatic heterocycles. The number of unbranched alkanes of at least 4 members (excludes halogenated alkanes) is 2. The Hall–Kier alpha value is -1.70. The molecule has 0 spiro atoms. The number of rotatable bonds is 13. The number of carboxylic acids is 1. The van der Waals surface area contributed by atoms with Gasteiger partial charge in [0.25, 0.3) is 0 Å². The number of aliphatic carboxylic acids is 1. The molecular formula is C20H31NO5S. The number of sulfonamides is 1. The minimum absolute atomic E-state index is 0.222. The van der Waals surface area contributed by atoms with Gasteiger partial charge in [0.15, 0.2) is 0 Å². The molecule has 1 aromatic carbocycles. The fourth-order valence-corrected chi connectivity index (χ4v) is 3.65. The molecule has 1 aromatic rings. The second-order valence-electron chi connectivity index (χ2n) is 6.80. The van der Waals surface area contributed by atoms with Gasteiger partial charge in [-0.25, -0.2) is 13.2 Å². The minimum atomic E-state index is -3.38. The Balaban J connectivity index is 2.66. The topological polar surface area (TPSA) is 94.9 Å². The van der Waals surface area contributed by atoms with Crippen LogP contribution in [0.3, 0.4) is 0 Å². The number of hydrogen-bond donors (Lipinski definition) is 2. The predicted molar refractivity (Wildman–Crippen MR) is 108 cm³/mol. The van der Waals surface area contributed by atoms with Crippen LogP contribution in [0.2, 0.25) is 0 Å². The zero-order chi connectivity index (χ0) is 20.3. The lowest BCUT2D eigenvalue weighted by atomic mass is 10.1. The van der Waals surface area contributed by atoms with Crippen LogP contribution in [0, 0.1) is 0 Å². The lowest BCUT2D eigenvalue weighted by Crippen LogP contribution is -2.31. The number of hydrogen-bond acceptors (Lipinski definition) is 4. The number of carbonyl (C=O) groups is 1. The number of nitrogens with zero attached hydrogens (tertiary/aromatic N) is 1. The molecule has 152 valence electrons. The Kier molecular flexibility index (Phi) is 10.3. The largest absolute Gasteiger partial charge is 0.478 e. The van der Waals surface area contributed by atoms with E-state index in [4.69, 9.17) is 5.11 Å². The molecule has 2 N–H and O–H groups in total. The molecule has 0 bridgehead atoms. The molecule has 0 aliphatic carbocycles. The standard InChI is InChI=1S/C20H31NO5S/c1-3-4-5-10-19(22)11-7-14-21(27(2,25)26)16-18-9-6-8-17(15-18)12-13-20(23)24/h6,8-9,12-13,15,19,22H,3-5,7,10-11,14,16H2,1-2H3,(H,23,24). The van der Waals surface area contributed by atoms with Crippen LogP contribution in [0.15, 0.2) is 30.3 Å². The van der Waals surface area contributed by atoms with E-state index >= 15 is 0 Å². The van der Waals surface area contributed by atoms with Gasteiger partial charge in [0.05, 0.1) is 12.4 Å². The van der Waals surface area contributed by atoms with Crippen molar-refractivity contribution in [2.24, 2.45) is 0 Å². The maximum atomic E-state index is 12.1. The van der Waals surface area contributed by atoms with E-state index in [1.54, 1.807) is 18.2 Å². The molecule has 1 rings (SSSR count). The summed E-state index contributed by atoms with van der Waals surface area (Å²) in [6, 6.07) is 7.13. The monoisotopic (exact) mass is 397 g/mol. The summed E-state index contributed by atoms with van der Waals surface area (Å²) >= 11 is 0. The average molecular weight is 398 g/mol. The highest BCUT2D eigenvalue weighted by molar-refractivity contribution is 7.88. The lowest BCUT2D eigenvalue weighted by molar-refractivity contribution is -0.131. The van der Waals surface area contributed by atoms with Crippen molar-refractivity contribution in [1.29, 1.82) is 0 Å². The van der Waals surface area contributed by atoms with Crippen molar-refractivity contribution < 1.29 is 23.4 Å². The molecule has 0 fully saturated rings. The van der Waals surface area contributed by atoms with E-state index in [1.807, 2.05) is 6.07 Å². The first-order valence-electron chi connectivity index (χ1n) is 9.35. The summed E-state index contributed by atoms with van der Waals surface area (Å²) < 4.78 is 25.6. The Morgan fingerprint density at radius 3 is 2.56 bits per heavy atom. The van der Waals surface area contributed by atoms with E-state index in [0.717, 1.165) is 37.3 Å². The van der Waals surface area contributed by atoms with E-state index in [9.17, 15) is 18.3 Å². The number of aliphatic hydroxyl groups excluding tert-OH is 1. The predicted octanol–water partition coefficient (Wildman–Crippen LogP) is 3.27. The SMILES string of the molecule is CCCCCC(O)CCCN(Cc1cccc(C=CC(=O)O)c1)S(C)(=O)=O. The van der Waals surface area contributed by atoms with Gasteiger partial charge in [-0.1, -0.05) is 50.5 Å². The van der Waals surface area contributed by atoms with Crippen molar-refractivity contribution in [3.8, 4) is 0 Å². The highest BCUT2D eigenvalue weighted by Gasteiger charge is 2.17. The highest BCUT2D eigenvalue weighted by Crippen LogP contribution is 2.15. The summed E-state index contributed by atoms with van der Waals surface area (Å²) in [6.07, 6.45) is 8.44. The molecule has 0 radical (unpaired) electrons. The van der Waals surface area contributed by atoms with Crippen LogP contribution in [0.25, 0.3) is 6.08 Å². The molecule has 1 unspecified atom stereocenters. The van der Waals surface area contributed by atoms with E-state index in [2.05, 4.69) is 6.92 Å². The van der Waals surface area contributed by atoms with Crippen LogP contribution in [0.4, 0.5) is 0 Å². The molecule has 0 saturated heterocycles. The Morgan fingerprint density at radius 1 is 1.22 bits per heavy atom. The first-order valence-corrected chi connectivity index (χ1v) is 11.2. The summed E-state index contributed by atoms with van der Waals surface area (Å²) in [5.41, 5.74) is 1.49. The molecule has 27 heavy (non-hydrogen) atoms. The van der Waals surface area contributed by atoms with Gasteiger partial charge in [-0.2, -0.15) is 4.31 Å². The Morgan fingerprint density at radius 2 is 1.93 bits per heavy atom. The van der Waals surface area contributed by atoms with Crippen molar-refractivity contribution >= 4 is 22.1 Å². The lowest BCUT2D eigenvalue weighted by Gasteiger charge is -2.21. The molecule has 0 amide bonds. The smallest absolute Gasteiger partial charge is 0.328 e. The third-order valence-corrected chi connectivity index (χ3v) is 5.53. The molecule has 0 aliphatic heterocycles. The minimum Gasteiger partial charge on any atom is -0.478 e. The zero-order valence-corrected chi connectivity index (χ0v) is 17.0. The van der Waals surface area contributed by atoms with E-state index in [-0.39, 0.29) is 12.6 Å². The van der Waals surface area contributed by atoms with Gasteiger partial charge in [-0.3, -0.25) is 0 Å². The van der Waals surface area contributed by atoms with Gasteiger partial charge in [-0.05, 0) is 36.5 Å². The summed E-state index contributed by atoms with van der Waals surface area (Å²) in [4.78, 5) is 10.6. The maximum Gasteiger partial charge on any atom is 0.328 e. The van der Waals surface area contributed by atoms with Gasteiger partial charge in [0, 0.05) is 19.2 Å². The van der Waals surface area contributed by atoms with Crippen LogP contribution in [-0.2, 0) is 21.4 Å². The first kappa shape index (κ1) is 23.3. The molecule has 7 heteroatoms. The van der Waals surface area contributed by atoms with Crippen molar-refractivity contribution in [1.82, 2.24) is 4.31 Å². The first-order chi connectivity index (χ1) is 12.7. The summed E-state index contributed by atoms with van der Waals surface area (Å²) in [7, 11) is -3.38. The molecule has 1 atom stereocenters. The fourth-order valence-electron chi connectivity index (χ4n) is 2.81. The van der Waals surface area contributed by atoms with Gasteiger partial charge in [-0.15, -0.1) is 0 Å². The molecular weight excluding hydrogens is 366 g/mol. The number of aliphatic hydroxyl groups is 1. The van der Waals surface area contributed by atoms with E-state index < -0.39 is 16.0 Å². The third-order valence-electron chi connectivity index (χ3n) is 4.28. The molecule has 6 nitrogen and oxygen atoms in total. The second kappa shape index (κ2) is 11.9. The highest BCUT2D eigenvalue weighted by atomic mass is 32.2. The third kappa shape index (κ3) is 10.3. The van der Waals surface area contributed by atoms with Crippen LogP contribution < -0.4 is 0 Å². The van der Waals surface area contributed by atoms with Crippen LogP contribution in [0.1, 0.15) is 56.6 Å². The van der Waals surface area contributed by atoms with Gasteiger partial charge < -0.3 is 10.2 Å². The van der Waals surface area contributed by atoms with Crippen LogP contribution in [0.5, 0.6) is 0 Å². The van der Waals surface area contributed by atoms with Gasteiger partial charge in [0.2, 0.25) is 10.0 Å². The van der Waals surface area contributed by atoms with Crippen molar-refractivity contribution in [3.63, 3.8) is 0 Å². The summed E-state index contributed by atoms with van der Waals surface area (Å²) in [5, 5.41) is 18.7. The van der Waals surface area contributed by atoms with Crippen LogP contribution >= 0.6 is 0 Å². The van der Waals surface area contributed by atoms with Crippen molar-refractivity contribution in [2.45, 2.75) is 58.1 Å². The zero-order valence-electron chi connectivity index (χ0n) is 16.2. The summed E-state index contributed by atoms with van der Waals surface area (Å²) in [5.74, 6) is -1.03. The molecule has 0 aliphatic rings. The Bertz CT molecular complexity index is 715. The quantitative estimate of drug-likeness (QED) is 0.393. The summed E-state index contributed by atoms with van der Waals surface area (Å²) in [6.45, 7) is 2.68. The number of benzene rings is 1. The average Bonchev–Trinajstić information content (AvgIpc) is 2.59. The van der Waals surface area contributed by atoms with E-state index in [0.29, 0.717) is 24.9 Å². The van der Waals surface area contributed by atoms with Gasteiger partial charge in [0.1, 0.15) is 0 Å². The number of carboxylic acid groups (broad SMARTS) is 1. The van der Waals surface area contributed by atoms with Crippen LogP contribution in [-0.4, -0.2) is 47.8 Å². The van der Waals surface area contributed by atoms with Gasteiger partial charge >= 0.3 is 5.97 Å². The maximum absolute atomic E-state index is 12.1. The molecule has 0 saturated carbocycles. The normalized spacial score (nSPS) is 13.3. The van der Waals surface area contributed by atoms with Crippen molar-refractivity contribution in [2.75, 3.05) is 12.8 Å². The fraction of sp³-hybridized carbons (Fsp3) is 0.550. The molecule has 0 heterocycles.